The van der Waals surface area contributed by atoms with Crippen LogP contribution in [0, 0.1) is 0 Å². The molecule has 0 saturated carbocycles. The normalized spacial score (nSPS) is 17.0. The molecule has 1 fully saturated rings. The number of alkyl halides is 3. The van der Waals surface area contributed by atoms with Gasteiger partial charge < -0.3 is 10.4 Å². The molecular weight excluding hydrogens is 419 g/mol. The predicted octanol–water partition coefficient (Wildman–Crippen LogP) is 1.95. The molecule has 0 unspecified atom stereocenters. The first-order valence-electron chi connectivity index (χ1n) is 8.29. The van der Waals surface area contributed by atoms with Gasteiger partial charge in [-0.2, -0.15) is 13.2 Å². The number of nitrogens with zero attached hydrogens (tertiary/aromatic N) is 4. The van der Waals surface area contributed by atoms with Crippen LogP contribution in [0.15, 0.2) is 12.4 Å². The summed E-state index contributed by atoms with van der Waals surface area (Å²) in [6.45, 7) is 0.262. The van der Waals surface area contributed by atoms with E-state index in [-0.39, 0.29) is 34.2 Å². The van der Waals surface area contributed by atoms with Crippen LogP contribution in [-0.4, -0.2) is 58.2 Å². The van der Waals surface area contributed by atoms with Gasteiger partial charge in [-0.05, 0) is 12.8 Å². The molecule has 0 radical (unpaired) electrons. The van der Waals surface area contributed by atoms with Gasteiger partial charge in [0.05, 0.1) is 23.4 Å². The number of nitrogens with one attached hydrogen (secondary N) is 1. The smallest absolute Gasteiger partial charge is 0.389 e. The number of thiazole rings is 1. The second-order valence-corrected chi connectivity index (χ2v) is 9.41. The van der Waals surface area contributed by atoms with Crippen LogP contribution in [0.25, 0.3) is 10.6 Å². The Morgan fingerprint density at radius 3 is 2.50 bits per heavy atom. The summed E-state index contributed by atoms with van der Waals surface area (Å²) in [6.07, 6.45) is -0.569. The van der Waals surface area contributed by atoms with Crippen LogP contribution < -0.4 is 5.32 Å². The molecular formula is C15H18F3N5O3S2. The number of rotatable bonds is 5. The Balaban J connectivity index is 1.82. The van der Waals surface area contributed by atoms with Crippen molar-refractivity contribution in [3.63, 3.8) is 0 Å². The Bertz CT molecular complexity index is 941. The second-order valence-electron chi connectivity index (χ2n) is 6.31. The predicted molar refractivity (Wildman–Crippen MR) is 97.1 cm³/mol. The molecule has 0 amide bonds. The van der Waals surface area contributed by atoms with Gasteiger partial charge in [-0.3, -0.25) is 0 Å². The Morgan fingerprint density at radius 2 is 1.96 bits per heavy atom. The number of aromatic nitrogens is 3. The van der Waals surface area contributed by atoms with Gasteiger partial charge in [-0.25, -0.2) is 27.7 Å². The molecule has 0 atom stereocenters. The van der Waals surface area contributed by atoms with E-state index in [9.17, 15) is 21.6 Å². The van der Waals surface area contributed by atoms with Gasteiger partial charge in [0.15, 0.2) is 0 Å². The van der Waals surface area contributed by atoms with Crippen LogP contribution in [0.3, 0.4) is 0 Å². The lowest BCUT2D eigenvalue weighted by molar-refractivity contribution is -0.137. The monoisotopic (exact) mass is 437 g/mol. The number of anilines is 1. The largest absolute Gasteiger partial charge is 0.420 e. The molecule has 1 aliphatic rings. The summed E-state index contributed by atoms with van der Waals surface area (Å²) in [4.78, 5) is 11.9. The van der Waals surface area contributed by atoms with E-state index in [0.29, 0.717) is 32.1 Å². The lowest BCUT2D eigenvalue weighted by Crippen LogP contribution is -2.42. The van der Waals surface area contributed by atoms with Crippen molar-refractivity contribution in [3.05, 3.63) is 23.0 Å². The number of aliphatic hydroxyl groups is 1. The van der Waals surface area contributed by atoms with Crippen LogP contribution in [0.5, 0.6) is 0 Å². The van der Waals surface area contributed by atoms with Crippen molar-refractivity contribution in [2.24, 2.45) is 0 Å². The Hall–Kier alpha value is -1.83. The number of sulfonamides is 1. The first kappa shape index (κ1) is 20.9. The molecule has 2 aromatic heterocycles. The van der Waals surface area contributed by atoms with Gasteiger partial charge in [-0.15, -0.1) is 11.3 Å². The Labute approximate surface area is 163 Å². The minimum atomic E-state index is -4.64. The third kappa shape index (κ3) is 4.77. The highest BCUT2D eigenvalue weighted by Gasteiger charge is 2.36. The molecule has 154 valence electrons. The third-order valence-electron chi connectivity index (χ3n) is 4.27. The third-order valence-corrected chi connectivity index (χ3v) is 6.56. The first-order valence-corrected chi connectivity index (χ1v) is 11.0. The minimum absolute atomic E-state index is 0.0276. The van der Waals surface area contributed by atoms with Crippen molar-refractivity contribution in [3.8, 4) is 10.6 Å². The van der Waals surface area contributed by atoms with E-state index < -0.39 is 21.8 Å². The van der Waals surface area contributed by atoms with Crippen LogP contribution >= 0.6 is 11.3 Å². The zero-order valence-electron chi connectivity index (χ0n) is 14.8. The number of hydrogen-bond acceptors (Lipinski definition) is 8. The van der Waals surface area contributed by atoms with Gasteiger partial charge in [0, 0.05) is 31.5 Å². The SMILES string of the molecule is CS(=O)(=O)N1CCC(Nc2ncc(C(F)(F)F)c(-c3cnc(CO)s3)n2)CC1. The molecule has 0 aliphatic carbocycles. The quantitative estimate of drug-likeness (QED) is 0.736. The molecule has 0 aromatic carbocycles. The summed E-state index contributed by atoms with van der Waals surface area (Å²) in [6, 6.07) is -0.156. The molecule has 2 aromatic rings. The Morgan fingerprint density at radius 1 is 1.29 bits per heavy atom. The summed E-state index contributed by atoms with van der Waals surface area (Å²) in [5.74, 6) is 0.0276. The highest BCUT2D eigenvalue weighted by molar-refractivity contribution is 7.88. The zero-order valence-corrected chi connectivity index (χ0v) is 16.4. The van der Waals surface area contributed by atoms with Crippen molar-refractivity contribution < 1.29 is 26.7 Å². The minimum Gasteiger partial charge on any atom is -0.389 e. The number of halogens is 3. The lowest BCUT2D eigenvalue weighted by atomic mass is 10.1. The van der Waals surface area contributed by atoms with Crippen molar-refractivity contribution in [2.45, 2.75) is 31.7 Å². The van der Waals surface area contributed by atoms with E-state index >= 15 is 0 Å². The van der Waals surface area contributed by atoms with Gasteiger partial charge in [-0.1, -0.05) is 0 Å². The highest BCUT2D eigenvalue weighted by Crippen LogP contribution is 2.38. The van der Waals surface area contributed by atoms with E-state index in [4.69, 9.17) is 5.11 Å². The van der Waals surface area contributed by atoms with E-state index in [1.807, 2.05) is 0 Å². The van der Waals surface area contributed by atoms with Crippen molar-refractivity contribution >= 4 is 27.3 Å². The maximum absolute atomic E-state index is 13.3. The number of aliphatic hydroxyl groups excluding tert-OH is 1. The average Bonchev–Trinajstić information content (AvgIpc) is 3.09. The van der Waals surface area contributed by atoms with Crippen molar-refractivity contribution in [2.75, 3.05) is 24.7 Å². The van der Waals surface area contributed by atoms with Gasteiger partial charge in [0.1, 0.15) is 10.6 Å². The molecule has 1 saturated heterocycles. The molecule has 13 heteroatoms. The van der Waals surface area contributed by atoms with Crippen LogP contribution in [0.1, 0.15) is 23.4 Å². The molecule has 8 nitrogen and oxygen atoms in total. The molecule has 0 spiro atoms. The standard InChI is InChI=1S/C15H18F3N5O3S2/c1-28(25,26)23-4-2-9(3-5-23)21-14-20-6-10(15(16,17)18)13(22-14)11-7-19-12(8-24)27-11/h6-7,9,24H,2-5,8H2,1H3,(H,20,21,22). The van der Waals surface area contributed by atoms with E-state index in [1.165, 1.54) is 10.5 Å². The van der Waals surface area contributed by atoms with Crippen molar-refractivity contribution in [1.82, 2.24) is 19.3 Å². The summed E-state index contributed by atoms with van der Waals surface area (Å²) < 4.78 is 64.5. The highest BCUT2D eigenvalue weighted by atomic mass is 32.2. The zero-order chi connectivity index (χ0) is 20.5. The topological polar surface area (TPSA) is 108 Å². The summed E-state index contributed by atoms with van der Waals surface area (Å²) >= 11 is 0.922. The summed E-state index contributed by atoms with van der Waals surface area (Å²) in [5.41, 5.74) is -1.30. The fourth-order valence-corrected chi connectivity index (χ4v) is 4.51. The van der Waals surface area contributed by atoms with E-state index in [1.54, 1.807) is 0 Å². The number of piperidine rings is 1. The molecule has 1 aliphatic heterocycles. The average molecular weight is 437 g/mol. The van der Waals surface area contributed by atoms with Crippen LogP contribution in [-0.2, 0) is 22.8 Å². The van der Waals surface area contributed by atoms with Gasteiger partial charge in [0.2, 0.25) is 16.0 Å². The summed E-state index contributed by atoms with van der Waals surface area (Å²) in [5, 5.41) is 12.4. The van der Waals surface area contributed by atoms with Crippen LogP contribution in [0.4, 0.5) is 19.1 Å². The fraction of sp³-hybridized carbons (Fsp3) is 0.533. The molecule has 2 N–H and O–H groups in total. The van der Waals surface area contributed by atoms with E-state index in [0.717, 1.165) is 17.6 Å². The number of hydrogen-bond donors (Lipinski definition) is 2. The van der Waals surface area contributed by atoms with Gasteiger partial charge in [0.25, 0.3) is 0 Å². The van der Waals surface area contributed by atoms with Gasteiger partial charge >= 0.3 is 6.18 Å². The summed E-state index contributed by atoms with van der Waals surface area (Å²) in [7, 11) is -3.26. The van der Waals surface area contributed by atoms with Crippen molar-refractivity contribution in [1.29, 1.82) is 0 Å². The fourth-order valence-electron chi connectivity index (χ4n) is 2.85. The first-order chi connectivity index (χ1) is 13.1. The maximum Gasteiger partial charge on any atom is 0.420 e. The second kappa shape index (κ2) is 7.89. The molecule has 3 heterocycles. The molecule has 0 bridgehead atoms. The van der Waals surface area contributed by atoms with Crippen LogP contribution in [0.2, 0.25) is 0 Å². The molecule has 28 heavy (non-hydrogen) atoms. The Kier molecular flexibility index (Phi) is 5.89. The van der Waals surface area contributed by atoms with E-state index in [2.05, 4.69) is 20.3 Å². The lowest BCUT2D eigenvalue weighted by Gasteiger charge is -2.30. The molecule has 3 rings (SSSR count). The maximum atomic E-state index is 13.3.